The minimum absolute atomic E-state index is 0.0498. The molecule has 0 radical (unpaired) electrons. The molecule has 3 heterocycles. The molecule has 2 aromatic heterocycles. The van der Waals surface area contributed by atoms with Crippen molar-refractivity contribution in [2.24, 2.45) is 5.92 Å². The third-order valence-corrected chi connectivity index (χ3v) is 7.56. The summed E-state index contributed by atoms with van der Waals surface area (Å²) in [6.45, 7) is 7.97. The van der Waals surface area contributed by atoms with Gasteiger partial charge in [0.2, 0.25) is 0 Å². The predicted molar refractivity (Wildman–Crippen MR) is 135 cm³/mol. The van der Waals surface area contributed by atoms with E-state index in [2.05, 4.69) is 27.5 Å². The predicted octanol–water partition coefficient (Wildman–Crippen LogP) is 3.80. The van der Waals surface area contributed by atoms with Gasteiger partial charge in [0, 0.05) is 37.4 Å². The number of alkyl halides is 1. The lowest BCUT2D eigenvalue weighted by Gasteiger charge is -2.28. The van der Waals surface area contributed by atoms with Gasteiger partial charge in [0.15, 0.2) is 5.01 Å². The molecular formula is C25H34FN5O3S. The van der Waals surface area contributed by atoms with Crippen molar-refractivity contribution in [3.8, 4) is 10.4 Å². The van der Waals surface area contributed by atoms with E-state index < -0.39 is 17.7 Å². The van der Waals surface area contributed by atoms with Crippen molar-refractivity contribution in [3.05, 3.63) is 28.5 Å². The maximum atomic E-state index is 13.7. The largest absolute Gasteiger partial charge is 0.389 e. The third-order valence-electron chi connectivity index (χ3n) is 6.48. The fourth-order valence-electron chi connectivity index (χ4n) is 4.14. The second-order valence-corrected chi connectivity index (χ2v) is 11.3. The van der Waals surface area contributed by atoms with Crippen molar-refractivity contribution in [1.29, 1.82) is 0 Å². The molecule has 35 heavy (non-hydrogen) atoms. The van der Waals surface area contributed by atoms with Crippen LogP contribution in [0.25, 0.3) is 10.4 Å². The summed E-state index contributed by atoms with van der Waals surface area (Å²) in [4.78, 5) is 37.3. The number of thiazole rings is 1. The Morgan fingerprint density at radius 3 is 2.57 bits per heavy atom. The molecule has 0 bridgehead atoms. The molecule has 0 spiro atoms. The maximum Gasteiger partial charge on any atom is 0.280 e. The molecule has 2 amide bonds. The zero-order valence-electron chi connectivity index (χ0n) is 20.7. The van der Waals surface area contributed by atoms with E-state index >= 15 is 0 Å². The number of hydrogen-bond donors (Lipinski definition) is 3. The molecular weight excluding hydrogens is 469 g/mol. The van der Waals surface area contributed by atoms with Crippen molar-refractivity contribution in [2.45, 2.75) is 71.2 Å². The maximum absolute atomic E-state index is 13.7. The molecule has 0 aromatic carbocycles. The zero-order chi connectivity index (χ0) is 25.3. The Morgan fingerprint density at radius 1 is 1.29 bits per heavy atom. The van der Waals surface area contributed by atoms with Crippen LogP contribution in [0.15, 0.2) is 12.3 Å². The Bertz CT molecular complexity index is 1090. The Balaban J connectivity index is 1.64. The Morgan fingerprint density at radius 2 is 1.97 bits per heavy atom. The van der Waals surface area contributed by atoms with Crippen LogP contribution in [0, 0.1) is 12.8 Å². The molecule has 1 aliphatic carbocycles. The standard InChI is InChI=1S/C25H34FN5O3S/c1-14-11-19(29-15(2)16-5-6-16)27-12-18(14)21-20(24(33)31-9-7-17(26)8-10-31)30-23(35-21)22(32)28-13-25(3,4)34/h11-12,15-17,34H,5-10,13H2,1-4H3,(H,27,29)(H,28,32)/t15-/m1/s1. The molecule has 1 saturated heterocycles. The molecule has 4 rings (SSSR count). The second-order valence-electron chi connectivity index (χ2n) is 10.3. The molecule has 10 heteroatoms. The van der Waals surface area contributed by atoms with Crippen molar-refractivity contribution in [3.63, 3.8) is 0 Å². The fraction of sp³-hybridized carbons (Fsp3) is 0.600. The van der Waals surface area contributed by atoms with Crippen LogP contribution < -0.4 is 10.6 Å². The lowest BCUT2D eigenvalue weighted by atomic mass is 10.1. The van der Waals surface area contributed by atoms with Crippen LogP contribution >= 0.6 is 11.3 Å². The Kier molecular flexibility index (Phi) is 7.42. The van der Waals surface area contributed by atoms with Crippen molar-refractivity contribution in [2.75, 3.05) is 25.0 Å². The number of aromatic nitrogens is 2. The normalized spacial score (nSPS) is 17.8. The van der Waals surface area contributed by atoms with E-state index in [1.165, 1.54) is 12.8 Å². The van der Waals surface area contributed by atoms with E-state index in [0.717, 1.165) is 28.3 Å². The van der Waals surface area contributed by atoms with E-state index in [1.54, 1.807) is 24.9 Å². The fourth-order valence-corrected chi connectivity index (χ4v) is 5.19. The van der Waals surface area contributed by atoms with Gasteiger partial charge in [-0.3, -0.25) is 9.59 Å². The van der Waals surface area contributed by atoms with Gasteiger partial charge in [0.05, 0.1) is 10.5 Å². The zero-order valence-corrected chi connectivity index (χ0v) is 21.5. The number of nitrogens with one attached hydrogen (secondary N) is 2. The summed E-state index contributed by atoms with van der Waals surface area (Å²) in [6.07, 6.45) is 3.87. The summed E-state index contributed by atoms with van der Waals surface area (Å²) in [5, 5.41) is 16.2. The first-order chi connectivity index (χ1) is 16.5. The number of carbonyl (C=O) groups is 2. The quantitative estimate of drug-likeness (QED) is 0.506. The first kappa shape index (κ1) is 25.5. The topological polar surface area (TPSA) is 107 Å². The number of aryl methyl sites for hydroxylation is 1. The van der Waals surface area contributed by atoms with E-state index in [0.29, 0.717) is 42.8 Å². The molecule has 8 nitrogen and oxygen atoms in total. The molecule has 1 aliphatic heterocycles. The molecule has 190 valence electrons. The highest BCUT2D eigenvalue weighted by Gasteiger charge is 2.31. The molecule has 1 atom stereocenters. The molecule has 2 aromatic rings. The number of aliphatic hydroxyl groups is 1. The molecule has 0 unspecified atom stereocenters. The van der Waals surface area contributed by atoms with Crippen molar-refractivity contribution in [1.82, 2.24) is 20.2 Å². The van der Waals surface area contributed by atoms with Crippen LogP contribution in [0.2, 0.25) is 0 Å². The van der Waals surface area contributed by atoms with Crippen LogP contribution in [-0.2, 0) is 0 Å². The summed E-state index contributed by atoms with van der Waals surface area (Å²) in [6, 6.07) is 2.29. The Labute approximate surface area is 209 Å². The van der Waals surface area contributed by atoms with Crippen LogP contribution in [-0.4, -0.2) is 69.2 Å². The van der Waals surface area contributed by atoms with E-state index in [4.69, 9.17) is 0 Å². The monoisotopic (exact) mass is 503 g/mol. The summed E-state index contributed by atoms with van der Waals surface area (Å²) in [5.41, 5.74) is 0.746. The first-order valence-corrected chi connectivity index (χ1v) is 13.0. The first-order valence-electron chi connectivity index (χ1n) is 12.2. The number of carbonyl (C=O) groups excluding carboxylic acids is 2. The number of likely N-dealkylation sites (tertiary alicyclic amines) is 1. The number of amides is 2. The summed E-state index contributed by atoms with van der Waals surface area (Å²) < 4.78 is 13.7. The van der Waals surface area contributed by atoms with Gasteiger partial charge in [0.1, 0.15) is 17.7 Å². The van der Waals surface area contributed by atoms with Gasteiger partial charge in [-0.05, 0) is 70.9 Å². The minimum Gasteiger partial charge on any atom is -0.389 e. The van der Waals surface area contributed by atoms with Gasteiger partial charge >= 0.3 is 0 Å². The van der Waals surface area contributed by atoms with E-state index in [1.807, 2.05) is 13.0 Å². The van der Waals surface area contributed by atoms with Gasteiger partial charge in [-0.15, -0.1) is 11.3 Å². The summed E-state index contributed by atoms with van der Waals surface area (Å²) in [5.74, 6) is 0.688. The lowest BCUT2D eigenvalue weighted by Crippen LogP contribution is -2.39. The average molecular weight is 504 g/mol. The van der Waals surface area contributed by atoms with Gasteiger partial charge in [-0.1, -0.05) is 0 Å². The third kappa shape index (κ3) is 6.35. The highest BCUT2D eigenvalue weighted by Crippen LogP contribution is 2.36. The minimum atomic E-state index is -1.08. The smallest absolute Gasteiger partial charge is 0.280 e. The van der Waals surface area contributed by atoms with Crippen molar-refractivity contribution < 1.29 is 19.1 Å². The second kappa shape index (κ2) is 10.2. The number of nitrogens with zero attached hydrogens (tertiary/aromatic N) is 3. The van der Waals surface area contributed by atoms with Gasteiger partial charge in [0.25, 0.3) is 11.8 Å². The SMILES string of the molecule is Cc1cc(N[C@H](C)C2CC2)ncc1-c1sc(C(=O)NCC(C)(C)O)nc1C(=O)N1CCC(F)CC1. The van der Waals surface area contributed by atoms with Gasteiger partial charge < -0.3 is 20.6 Å². The van der Waals surface area contributed by atoms with Gasteiger partial charge in [-0.2, -0.15) is 0 Å². The number of piperidine rings is 1. The van der Waals surface area contributed by atoms with E-state index in [-0.39, 0.29) is 23.2 Å². The summed E-state index contributed by atoms with van der Waals surface area (Å²) in [7, 11) is 0. The molecule has 3 N–H and O–H groups in total. The van der Waals surface area contributed by atoms with Crippen LogP contribution in [0.1, 0.15) is 72.3 Å². The number of rotatable bonds is 8. The van der Waals surface area contributed by atoms with Crippen molar-refractivity contribution >= 4 is 29.0 Å². The average Bonchev–Trinajstić information content (AvgIpc) is 3.56. The molecule has 1 saturated carbocycles. The van der Waals surface area contributed by atoms with E-state index in [9.17, 15) is 19.1 Å². The van der Waals surface area contributed by atoms with Crippen LogP contribution in [0.4, 0.5) is 10.2 Å². The number of hydrogen-bond acceptors (Lipinski definition) is 7. The van der Waals surface area contributed by atoms with Gasteiger partial charge in [-0.25, -0.2) is 14.4 Å². The lowest BCUT2D eigenvalue weighted by molar-refractivity contribution is 0.0660. The highest BCUT2D eigenvalue weighted by molar-refractivity contribution is 7.17. The van der Waals surface area contributed by atoms with Crippen LogP contribution in [0.3, 0.4) is 0 Å². The summed E-state index contributed by atoms with van der Waals surface area (Å²) >= 11 is 1.13. The Hall–Kier alpha value is -2.59. The number of pyridine rings is 1. The highest BCUT2D eigenvalue weighted by atomic mass is 32.1. The van der Waals surface area contributed by atoms with Crippen LogP contribution in [0.5, 0.6) is 0 Å². The molecule has 2 fully saturated rings. The molecule has 2 aliphatic rings. The number of halogens is 1. The number of anilines is 1.